The van der Waals surface area contributed by atoms with Gasteiger partial charge in [-0.05, 0) is 58.7 Å². The first-order valence-electron chi connectivity index (χ1n) is 7.20. The van der Waals surface area contributed by atoms with Crippen LogP contribution in [0.2, 0.25) is 0 Å². The number of fused-ring (bicyclic) bond motifs is 1. The molecule has 0 unspecified atom stereocenters. The van der Waals surface area contributed by atoms with Crippen LogP contribution in [-0.4, -0.2) is 28.3 Å². The highest BCUT2D eigenvalue weighted by Gasteiger charge is 2.52. The third-order valence-corrected chi connectivity index (χ3v) is 4.87. The second-order valence-corrected chi connectivity index (χ2v) is 6.82. The van der Waals surface area contributed by atoms with Crippen LogP contribution in [0.3, 0.4) is 0 Å². The Balaban J connectivity index is 2.22. The Hall–Kier alpha value is -1.53. The number of H-pyrrole nitrogens is 2. The molecule has 1 aliphatic rings. The topological polar surface area (TPSA) is 67.1 Å². The molecule has 0 amide bonds. The van der Waals surface area contributed by atoms with E-state index in [1.54, 1.807) is 0 Å². The van der Waals surface area contributed by atoms with Crippen LogP contribution in [0.4, 0.5) is 0 Å². The second kappa shape index (κ2) is 4.24. The van der Waals surface area contributed by atoms with Crippen LogP contribution >= 0.6 is 0 Å². The molecule has 5 nitrogen and oxygen atoms in total. The van der Waals surface area contributed by atoms with Gasteiger partial charge in [0.15, 0.2) is 0 Å². The lowest BCUT2D eigenvalue weighted by molar-refractivity contribution is 0.00578. The predicted molar refractivity (Wildman–Crippen MR) is 84.1 cm³/mol. The minimum Gasteiger partial charge on any atom is -0.399 e. The van der Waals surface area contributed by atoms with Gasteiger partial charge in [0.2, 0.25) is 0 Å². The average Bonchev–Trinajstić information content (AvgIpc) is 2.77. The molecule has 1 aliphatic heterocycles. The first kappa shape index (κ1) is 14.4. The fourth-order valence-corrected chi connectivity index (χ4v) is 2.70. The molecular formula is C15H21BN2O3. The van der Waals surface area contributed by atoms with Crippen LogP contribution in [0.1, 0.15) is 38.8 Å². The number of rotatable bonds is 1. The van der Waals surface area contributed by atoms with E-state index < -0.39 is 18.3 Å². The summed E-state index contributed by atoms with van der Waals surface area (Å²) in [5, 5.41) is 0. The minimum atomic E-state index is -0.483. The summed E-state index contributed by atoms with van der Waals surface area (Å²) in [4.78, 5) is 17.3. The van der Waals surface area contributed by atoms with Gasteiger partial charge in [0.05, 0.1) is 22.2 Å². The van der Waals surface area contributed by atoms with Crippen molar-refractivity contribution in [3.05, 3.63) is 27.7 Å². The number of nitrogens with one attached hydrogen (secondary N) is 2. The van der Waals surface area contributed by atoms with Crippen molar-refractivity contribution >= 4 is 23.6 Å². The molecule has 1 aromatic heterocycles. The van der Waals surface area contributed by atoms with Crippen LogP contribution in [0, 0.1) is 13.8 Å². The van der Waals surface area contributed by atoms with E-state index in [0.29, 0.717) is 0 Å². The summed E-state index contributed by atoms with van der Waals surface area (Å²) in [5.74, 6) is 0. The number of hydrogen-bond donors (Lipinski definition) is 2. The van der Waals surface area contributed by atoms with E-state index in [0.717, 1.165) is 27.6 Å². The minimum absolute atomic E-state index is 0.215. The molecule has 0 aliphatic carbocycles. The highest BCUT2D eigenvalue weighted by Crippen LogP contribution is 2.37. The molecule has 2 aromatic rings. The van der Waals surface area contributed by atoms with Crippen molar-refractivity contribution in [3.8, 4) is 0 Å². The highest BCUT2D eigenvalue weighted by molar-refractivity contribution is 6.65. The Labute approximate surface area is 124 Å². The van der Waals surface area contributed by atoms with Crippen LogP contribution in [0.15, 0.2) is 10.9 Å². The van der Waals surface area contributed by atoms with Gasteiger partial charge in [-0.15, -0.1) is 0 Å². The largest absolute Gasteiger partial charge is 0.497 e. The molecule has 112 valence electrons. The molecule has 0 saturated carbocycles. The van der Waals surface area contributed by atoms with E-state index >= 15 is 0 Å². The van der Waals surface area contributed by atoms with Crippen LogP contribution in [0.25, 0.3) is 11.0 Å². The number of aromatic nitrogens is 2. The van der Waals surface area contributed by atoms with Crippen LogP contribution in [-0.2, 0) is 9.31 Å². The molecule has 1 fully saturated rings. The monoisotopic (exact) mass is 288 g/mol. The molecule has 3 rings (SSSR count). The molecule has 21 heavy (non-hydrogen) atoms. The van der Waals surface area contributed by atoms with Crippen molar-refractivity contribution in [2.45, 2.75) is 52.7 Å². The van der Waals surface area contributed by atoms with Gasteiger partial charge in [0, 0.05) is 5.46 Å². The fraction of sp³-hybridized carbons (Fsp3) is 0.533. The fourth-order valence-electron chi connectivity index (χ4n) is 2.70. The Bertz CT molecular complexity index is 757. The third-order valence-electron chi connectivity index (χ3n) is 4.87. The first-order chi connectivity index (χ1) is 9.62. The first-order valence-corrected chi connectivity index (χ1v) is 7.20. The lowest BCUT2D eigenvalue weighted by Crippen LogP contribution is -2.41. The molecule has 1 saturated heterocycles. The van der Waals surface area contributed by atoms with E-state index in [1.807, 2.05) is 47.6 Å². The molecule has 0 atom stereocenters. The van der Waals surface area contributed by atoms with Gasteiger partial charge < -0.3 is 19.3 Å². The van der Waals surface area contributed by atoms with E-state index in [4.69, 9.17) is 9.31 Å². The van der Waals surface area contributed by atoms with Gasteiger partial charge in [-0.2, -0.15) is 0 Å². The number of benzene rings is 1. The SMILES string of the molecule is Cc1cc2[nH]c(=O)[nH]c2c(B2OC(C)(C)C(C)(C)O2)c1C. The third kappa shape index (κ3) is 2.05. The van der Waals surface area contributed by atoms with E-state index in [-0.39, 0.29) is 5.69 Å². The number of aromatic amines is 2. The number of aryl methyl sites for hydroxylation is 1. The van der Waals surface area contributed by atoms with Crippen molar-refractivity contribution in [3.63, 3.8) is 0 Å². The summed E-state index contributed by atoms with van der Waals surface area (Å²) in [6.07, 6.45) is 0. The van der Waals surface area contributed by atoms with Crippen molar-refractivity contribution in [1.82, 2.24) is 9.97 Å². The maximum Gasteiger partial charge on any atom is 0.497 e. The normalized spacial score (nSPS) is 20.4. The molecule has 2 N–H and O–H groups in total. The summed E-state index contributed by atoms with van der Waals surface area (Å²) in [6.45, 7) is 12.1. The van der Waals surface area contributed by atoms with Crippen molar-refractivity contribution in [2.75, 3.05) is 0 Å². The zero-order valence-electron chi connectivity index (χ0n) is 13.4. The maximum absolute atomic E-state index is 11.6. The Morgan fingerprint density at radius 1 is 1.05 bits per heavy atom. The van der Waals surface area contributed by atoms with Gasteiger partial charge in [-0.3, -0.25) is 0 Å². The summed E-state index contributed by atoms with van der Waals surface area (Å²) in [6, 6.07) is 1.97. The van der Waals surface area contributed by atoms with Gasteiger partial charge in [-0.25, -0.2) is 4.79 Å². The lowest BCUT2D eigenvalue weighted by Gasteiger charge is -2.32. The molecule has 6 heteroatoms. The summed E-state index contributed by atoms with van der Waals surface area (Å²) < 4.78 is 12.3. The number of imidazole rings is 1. The van der Waals surface area contributed by atoms with Gasteiger partial charge in [0.25, 0.3) is 0 Å². The Morgan fingerprint density at radius 2 is 1.62 bits per heavy atom. The van der Waals surface area contributed by atoms with E-state index in [9.17, 15) is 4.79 Å². The second-order valence-electron chi connectivity index (χ2n) is 6.82. The molecule has 0 bridgehead atoms. The summed E-state index contributed by atoms with van der Waals surface area (Å²) in [7, 11) is -0.483. The number of hydrogen-bond acceptors (Lipinski definition) is 3. The van der Waals surface area contributed by atoms with Gasteiger partial charge in [0.1, 0.15) is 0 Å². The lowest BCUT2D eigenvalue weighted by atomic mass is 9.74. The quantitative estimate of drug-likeness (QED) is 0.786. The van der Waals surface area contributed by atoms with E-state index in [2.05, 4.69) is 9.97 Å². The van der Waals surface area contributed by atoms with Crippen molar-refractivity contribution in [1.29, 1.82) is 0 Å². The zero-order chi connectivity index (χ0) is 15.6. The molecular weight excluding hydrogens is 267 g/mol. The zero-order valence-corrected chi connectivity index (χ0v) is 13.4. The van der Waals surface area contributed by atoms with Gasteiger partial charge >= 0.3 is 12.8 Å². The van der Waals surface area contributed by atoms with Crippen molar-refractivity contribution < 1.29 is 9.31 Å². The van der Waals surface area contributed by atoms with Gasteiger partial charge in [-0.1, -0.05) is 0 Å². The predicted octanol–water partition coefficient (Wildman–Crippen LogP) is 1.77. The highest BCUT2D eigenvalue weighted by atomic mass is 16.7. The van der Waals surface area contributed by atoms with Crippen LogP contribution < -0.4 is 11.2 Å². The van der Waals surface area contributed by atoms with E-state index in [1.165, 1.54) is 0 Å². The van der Waals surface area contributed by atoms with Crippen LogP contribution in [0.5, 0.6) is 0 Å². The van der Waals surface area contributed by atoms with Crippen molar-refractivity contribution in [2.24, 2.45) is 0 Å². The summed E-state index contributed by atoms with van der Waals surface area (Å²) >= 11 is 0. The maximum atomic E-state index is 11.6. The standard InChI is InChI=1S/C15H21BN2O3/c1-8-7-10-12(18-13(19)17-10)11(9(8)2)16-20-14(3,4)15(5,6)21-16/h7H,1-6H3,(H2,17,18,19). The molecule has 0 radical (unpaired) electrons. The molecule has 2 heterocycles. The molecule has 1 aromatic carbocycles. The Kier molecular flexibility index (Phi) is 2.91. The smallest absolute Gasteiger partial charge is 0.399 e. The Morgan fingerprint density at radius 3 is 2.19 bits per heavy atom. The summed E-state index contributed by atoms with van der Waals surface area (Å²) in [5.41, 5.74) is 3.61. The molecule has 0 spiro atoms. The average molecular weight is 288 g/mol.